The molecule has 1 N–H and O–H groups in total. The number of nitrogens with one attached hydrogen (secondary N) is 1. The number of benzene rings is 2. The Kier molecular flexibility index (Phi) is 8.44. The van der Waals surface area contributed by atoms with Crippen LogP contribution in [0.4, 0.5) is 0 Å². The van der Waals surface area contributed by atoms with E-state index in [9.17, 15) is 13.2 Å². The zero-order chi connectivity index (χ0) is 23.3. The summed E-state index contributed by atoms with van der Waals surface area (Å²) in [7, 11) is -3.59. The van der Waals surface area contributed by atoms with Crippen LogP contribution in [-0.4, -0.2) is 38.3 Å². The third kappa shape index (κ3) is 6.38. The predicted molar refractivity (Wildman–Crippen MR) is 128 cm³/mol. The van der Waals surface area contributed by atoms with Gasteiger partial charge in [0.15, 0.2) is 0 Å². The van der Waals surface area contributed by atoms with Crippen molar-refractivity contribution in [3.63, 3.8) is 0 Å². The Labute approximate surface area is 199 Å². The van der Waals surface area contributed by atoms with Gasteiger partial charge in [0, 0.05) is 13.1 Å². The largest absolute Gasteiger partial charge is 0.494 e. The van der Waals surface area contributed by atoms with E-state index in [2.05, 4.69) is 5.32 Å². The minimum absolute atomic E-state index is 0.138. The van der Waals surface area contributed by atoms with Crippen molar-refractivity contribution >= 4 is 39.1 Å². The third-order valence-corrected chi connectivity index (χ3v) is 8.09. The lowest BCUT2D eigenvalue weighted by atomic mass is 9.98. The molecule has 174 valence electrons. The quantitative estimate of drug-likeness (QED) is 0.566. The molecule has 0 unspecified atom stereocenters. The van der Waals surface area contributed by atoms with Crippen molar-refractivity contribution in [3.05, 3.63) is 63.6 Å². The second-order valence-corrected chi connectivity index (χ2v) is 10.7. The number of carbonyl (C=O) groups is 1. The van der Waals surface area contributed by atoms with Gasteiger partial charge in [0.1, 0.15) is 5.75 Å². The van der Waals surface area contributed by atoms with Crippen molar-refractivity contribution in [2.24, 2.45) is 5.92 Å². The van der Waals surface area contributed by atoms with Crippen LogP contribution in [0.3, 0.4) is 0 Å². The Hall–Kier alpha value is -1.80. The maximum Gasteiger partial charge on any atom is 0.224 e. The van der Waals surface area contributed by atoms with Crippen LogP contribution in [0.1, 0.15) is 43.9 Å². The monoisotopic (exact) mass is 498 g/mol. The van der Waals surface area contributed by atoms with Gasteiger partial charge in [0.05, 0.1) is 34.4 Å². The van der Waals surface area contributed by atoms with E-state index in [-0.39, 0.29) is 24.2 Å². The lowest BCUT2D eigenvalue weighted by Gasteiger charge is -2.32. The molecule has 1 fully saturated rings. The third-order valence-electron chi connectivity index (χ3n) is 5.53. The summed E-state index contributed by atoms with van der Waals surface area (Å²) in [5.74, 6) is 0.0732. The second kappa shape index (κ2) is 10.9. The molecule has 6 nitrogen and oxygen atoms in total. The van der Waals surface area contributed by atoms with Crippen molar-refractivity contribution in [3.8, 4) is 5.75 Å². The summed E-state index contributed by atoms with van der Waals surface area (Å²) in [5, 5.41) is 3.72. The molecule has 1 aliphatic heterocycles. The molecule has 3 rings (SSSR count). The van der Waals surface area contributed by atoms with E-state index >= 15 is 0 Å². The minimum Gasteiger partial charge on any atom is -0.494 e. The van der Waals surface area contributed by atoms with Crippen LogP contribution < -0.4 is 10.1 Å². The van der Waals surface area contributed by atoms with Gasteiger partial charge in [0.25, 0.3) is 0 Å². The molecule has 2 aromatic carbocycles. The second-order valence-electron chi connectivity index (χ2n) is 7.93. The van der Waals surface area contributed by atoms with Crippen LogP contribution >= 0.6 is 23.2 Å². The number of sulfonamides is 1. The fourth-order valence-corrected chi connectivity index (χ4v) is 5.69. The van der Waals surface area contributed by atoms with Crippen molar-refractivity contribution in [1.82, 2.24) is 9.62 Å². The standard InChI is InChI=1S/C23H28Cl2N2O4S/c1-3-31-20-9-7-18(8-10-20)16(2)26-23(28)19-5-4-12-27(14-19)32(29,30)15-17-6-11-21(24)22(25)13-17/h6-11,13,16,19H,3-5,12,14-15H2,1-2H3,(H,26,28)/t16-,19+/m1/s1. The summed E-state index contributed by atoms with van der Waals surface area (Å²) in [5.41, 5.74) is 1.52. The van der Waals surface area contributed by atoms with Crippen LogP contribution in [0.5, 0.6) is 5.75 Å². The van der Waals surface area contributed by atoms with Gasteiger partial charge >= 0.3 is 0 Å². The molecule has 32 heavy (non-hydrogen) atoms. The number of hydrogen-bond acceptors (Lipinski definition) is 4. The van der Waals surface area contributed by atoms with Crippen LogP contribution in [0.2, 0.25) is 10.0 Å². The van der Waals surface area contributed by atoms with Gasteiger partial charge < -0.3 is 10.1 Å². The topological polar surface area (TPSA) is 75.7 Å². The Morgan fingerprint density at radius 3 is 2.56 bits per heavy atom. The minimum atomic E-state index is -3.59. The highest BCUT2D eigenvalue weighted by Crippen LogP contribution is 2.26. The first-order valence-electron chi connectivity index (χ1n) is 10.6. The molecule has 0 aromatic heterocycles. The zero-order valence-electron chi connectivity index (χ0n) is 18.2. The summed E-state index contributed by atoms with van der Waals surface area (Å²) in [6.07, 6.45) is 1.29. The summed E-state index contributed by atoms with van der Waals surface area (Å²) < 4.78 is 32.8. The van der Waals surface area contributed by atoms with E-state index in [1.54, 1.807) is 18.2 Å². The number of carbonyl (C=O) groups excluding carboxylic acids is 1. The number of nitrogens with zero attached hydrogens (tertiary/aromatic N) is 1. The molecule has 1 saturated heterocycles. The first kappa shape index (κ1) is 24.8. The molecule has 2 aromatic rings. The van der Waals surface area contributed by atoms with Crippen LogP contribution in [0.15, 0.2) is 42.5 Å². The number of rotatable bonds is 8. The average molecular weight is 499 g/mol. The molecule has 9 heteroatoms. The maximum atomic E-state index is 13.0. The van der Waals surface area contributed by atoms with E-state index in [4.69, 9.17) is 27.9 Å². The molecule has 1 aliphatic rings. The lowest BCUT2D eigenvalue weighted by Crippen LogP contribution is -2.46. The van der Waals surface area contributed by atoms with Crippen molar-refractivity contribution < 1.29 is 17.9 Å². The number of halogens is 2. The first-order chi connectivity index (χ1) is 15.2. The molecule has 0 radical (unpaired) electrons. The fourth-order valence-electron chi connectivity index (χ4n) is 3.77. The van der Waals surface area contributed by atoms with E-state index in [0.29, 0.717) is 41.6 Å². The number of amides is 1. The van der Waals surface area contributed by atoms with Crippen molar-refractivity contribution in [2.45, 2.75) is 38.5 Å². The van der Waals surface area contributed by atoms with Gasteiger partial charge in [-0.2, -0.15) is 0 Å². The van der Waals surface area contributed by atoms with Crippen LogP contribution in [0.25, 0.3) is 0 Å². The lowest BCUT2D eigenvalue weighted by molar-refractivity contribution is -0.126. The molecule has 0 saturated carbocycles. The summed E-state index contributed by atoms with van der Waals surface area (Å²) in [6.45, 7) is 5.01. The first-order valence-corrected chi connectivity index (χ1v) is 13.0. The smallest absolute Gasteiger partial charge is 0.224 e. The Morgan fingerprint density at radius 1 is 1.19 bits per heavy atom. The number of hydrogen-bond donors (Lipinski definition) is 1. The van der Waals surface area contributed by atoms with Gasteiger partial charge in [-0.25, -0.2) is 12.7 Å². The van der Waals surface area contributed by atoms with Crippen LogP contribution in [-0.2, 0) is 20.6 Å². The molecule has 1 amide bonds. The number of piperidine rings is 1. The van der Waals surface area contributed by atoms with Gasteiger partial charge in [0.2, 0.25) is 15.9 Å². The highest BCUT2D eigenvalue weighted by Gasteiger charge is 2.33. The molecular formula is C23H28Cl2N2O4S. The Bertz CT molecular complexity index is 1040. The van der Waals surface area contributed by atoms with Crippen molar-refractivity contribution in [1.29, 1.82) is 0 Å². The average Bonchev–Trinajstić information content (AvgIpc) is 2.77. The van der Waals surface area contributed by atoms with Gasteiger partial charge in [-0.1, -0.05) is 41.4 Å². The molecule has 2 atom stereocenters. The SMILES string of the molecule is CCOc1ccc([C@@H](C)NC(=O)[C@H]2CCCN(S(=O)(=O)Cc3ccc(Cl)c(Cl)c3)C2)cc1. The van der Waals surface area contributed by atoms with Crippen LogP contribution in [0, 0.1) is 5.92 Å². The van der Waals surface area contributed by atoms with Crippen molar-refractivity contribution in [2.75, 3.05) is 19.7 Å². The molecular weight excluding hydrogens is 471 g/mol. The molecule has 1 heterocycles. The highest BCUT2D eigenvalue weighted by molar-refractivity contribution is 7.88. The highest BCUT2D eigenvalue weighted by atomic mass is 35.5. The van der Waals surface area contributed by atoms with Gasteiger partial charge in [-0.15, -0.1) is 0 Å². The number of ether oxygens (including phenoxy) is 1. The Balaban J connectivity index is 1.61. The normalized spacial score (nSPS) is 18.2. The van der Waals surface area contributed by atoms with E-state index in [1.165, 1.54) is 4.31 Å². The molecule has 0 spiro atoms. The Morgan fingerprint density at radius 2 is 1.91 bits per heavy atom. The zero-order valence-corrected chi connectivity index (χ0v) is 20.5. The molecule has 0 bridgehead atoms. The summed E-state index contributed by atoms with van der Waals surface area (Å²) in [6, 6.07) is 12.2. The maximum absolute atomic E-state index is 13.0. The van der Waals surface area contributed by atoms with Gasteiger partial charge in [-0.05, 0) is 62.1 Å². The van der Waals surface area contributed by atoms with E-state index in [0.717, 1.165) is 11.3 Å². The van der Waals surface area contributed by atoms with E-state index in [1.807, 2.05) is 38.1 Å². The summed E-state index contributed by atoms with van der Waals surface area (Å²) >= 11 is 11.9. The predicted octanol–water partition coefficient (Wildman–Crippen LogP) is 4.81. The van der Waals surface area contributed by atoms with E-state index < -0.39 is 15.9 Å². The fraction of sp³-hybridized carbons (Fsp3) is 0.435. The summed E-state index contributed by atoms with van der Waals surface area (Å²) in [4.78, 5) is 12.9. The molecule has 0 aliphatic carbocycles. The van der Waals surface area contributed by atoms with Gasteiger partial charge in [-0.3, -0.25) is 4.79 Å².